The maximum absolute atomic E-state index is 15.7. The van der Waals surface area contributed by atoms with E-state index >= 15 is 38.4 Å². The number of urea groups is 8. The lowest BCUT2D eigenvalue weighted by molar-refractivity contribution is -0.0867. The number of benzene rings is 1. The van der Waals surface area contributed by atoms with Gasteiger partial charge in [0.25, 0.3) is 0 Å². The van der Waals surface area contributed by atoms with E-state index in [1.807, 2.05) is 0 Å². The number of ether oxygens (including phenoxy) is 4. The molecule has 590 valence electrons. The van der Waals surface area contributed by atoms with Crippen LogP contribution in [0.1, 0.15) is 103 Å². The zero-order chi connectivity index (χ0) is 72.8. The Bertz CT molecular complexity index is 4170. The number of hydrogen-bond donors (Lipinski definition) is 4. The van der Waals surface area contributed by atoms with Crippen LogP contribution in [0.5, 0.6) is 11.5 Å². The highest BCUT2D eigenvalue weighted by molar-refractivity contribution is 7.86. The van der Waals surface area contributed by atoms with Crippen LogP contribution in [-0.2, 0) is 63.0 Å². The third-order valence-corrected chi connectivity index (χ3v) is 26.3. The van der Waals surface area contributed by atoms with Gasteiger partial charge in [0.15, 0.2) is 47.3 Å². The van der Waals surface area contributed by atoms with Crippen LogP contribution in [0.25, 0.3) is 0 Å². The number of carbonyl (C=O) groups is 8. The third kappa shape index (κ3) is 11.6. The van der Waals surface area contributed by atoms with Crippen molar-refractivity contribution in [2.45, 2.75) is 152 Å². The van der Waals surface area contributed by atoms with E-state index in [2.05, 4.69) is 0 Å². The molecule has 0 spiro atoms. The highest BCUT2D eigenvalue weighted by Gasteiger charge is 2.80. The van der Waals surface area contributed by atoms with Crippen LogP contribution in [0.4, 0.5) is 38.4 Å². The summed E-state index contributed by atoms with van der Waals surface area (Å²) in [6.45, 7) is 2.26. The molecule has 0 unspecified atom stereocenters. The number of unbranched alkanes of at least 4 members (excludes halogenated alkanes) is 4. The third-order valence-electron chi connectivity index (χ3n) is 23.1. The highest BCUT2D eigenvalue weighted by atomic mass is 32.2. The summed E-state index contributed by atoms with van der Waals surface area (Å²) < 4.78 is 162. The number of hydrogen-bond acceptors (Lipinski definition) is 24. The molecule has 12 fully saturated rings. The van der Waals surface area contributed by atoms with Crippen molar-refractivity contribution in [1.82, 2.24) is 103 Å². The SMILES string of the molecule is CC12N3CC4=C(OCCCCS(=O)(=O)[O-])CCC(OCCCCS(=O)(=O)[O-])=C4CN1C(=O)N1CN4C(=O)N5CN6C(=O)N7CN8C(=O)N9Cc%10c(OCCCCS(=O)(=O)[O-])ccc(OCCCCS(=O)(=O)[O-])c%10CN%10C(=O)N(CN%11C(=O)N(CN%12C(=O)N(CN(C3=O)C12C)C4C%125)C6C%117)C8(C)C%109C.[NH4+].[NH4+].[NH4+].[NH4+]. The summed E-state index contributed by atoms with van der Waals surface area (Å²) in [7, 11) is -18.1. The number of amides is 16. The summed E-state index contributed by atoms with van der Waals surface area (Å²) in [6, 6.07) is -2.48. The quantitative estimate of drug-likeness (QED) is 0.0841. The molecule has 0 saturated carbocycles. The number of nitrogens with zero attached hydrogens (tertiary/aromatic N) is 16. The highest BCUT2D eigenvalue weighted by Crippen LogP contribution is 2.59. The fraction of sp³-hybridized carbons (Fsp3) is 0.690. The fourth-order valence-electron chi connectivity index (χ4n) is 17.7. The van der Waals surface area contributed by atoms with E-state index in [9.17, 15) is 51.9 Å². The molecule has 13 aliphatic heterocycles. The molecule has 48 heteroatoms. The minimum absolute atomic E-state index is 0. The summed E-state index contributed by atoms with van der Waals surface area (Å²) >= 11 is 0. The first-order valence-corrected chi connectivity index (χ1v) is 39.8. The van der Waals surface area contributed by atoms with Gasteiger partial charge in [0.1, 0.15) is 63.0 Å². The van der Waals surface area contributed by atoms with Crippen LogP contribution in [0.3, 0.4) is 0 Å². The Kier molecular flexibility index (Phi) is 19.8. The molecular formula is C58H90N20O24S4. The summed E-state index contributed by atoms with van der Waals surface area (Å²) in [5.41, 5.74) is -4.99. The van der Waals surface area contributed by atoms with Crippen molar-refractivity contribution in [2.75, 3.05) is 103 Å². The summed E-state index contributed by atoms with van der Waals surface area (Å²) in [5, 5.41) is 0. The molecule has 1 aliphatic carbocycles. The van der Waals surface area contributed by atoms with Gasteiger partial charge in [-0.2, -0.15) is 0 Å². The first kappa shape index (κ1) is 78.6. The largest absolute Gasteiger partial charge is 0.748 e. The van der Waals surface area contributed by atoms with Gasteiger partial charge in [0, 0.05) is 58.1 Å². The van der Waals surface area contributed by atoms with Crippen molar-refractivity contribution < 1.29 is 109 Å². The Labute approximate surface area is 610 Å². The minimum Gasteiger partial charge on any atom is -0.748 e. The molecule has 1 aromatic carbocycles. The molecule has 16 amide bonds. The van der Waals surface area contributed by atoms with E-state index in [1.54, 1.807) is 39.8 Å². The van der Waals surface area contributed by atoms with Crippen LogP contribution in [0.15, 0.2) is 34.8 Å². The second kappa shape index (κ2) is 26.7. The lowest BCUT2D eigenvalue weighted by Crippen LogP contribution is -2.69. The number of quaternary nitrogens is 4. The second-order valence-electron chi connectivity index (χ2n) is 28.3. The number of carbonyl (C=O) groups excluding carboxylic acids is 8. The molecule has 0 radical (unpaired) electrons. The topological polar surface area (TPSA) is 600 Å². The maximum atomic E-state index is 15.7. The molecule has 0 aromatic heterocycles. The van der Waals surface area contributed by atoms with Gasteiger partial charge in [-0.1, -0.05) is 0 Å². The average molecular weight is 1580 g/mol. The van der Waals surface area contributed by atoms with Crippen LogP contribution in [0.2, 0.25) is 0 Å². The van der Waals surface area contributed by atoms with E-state index in [-0.39, 0.29) is 153 Å². The van der Waals surface area contributed by atoms with Crippen LogP contribution < -0.4 is 34.1 Å². The standard InChI is InChI=1S/C58H78N16O24S4.4H3N/c1-55-57(3)71-31-63-45-43-59(47(63)75)29-61-44-46-65(49(61)77)33-73-53(81)69-27-37-38(42(98-20-8-12-24-102(92,93)94)16-15-41(37)97-19-7-11-23-101(89,90)91)28-70-54(82)74(58(73,4)56(69,70)2)34-66(46)50(78)62(44)30-60(43)48(76)64(45)32-72(57)52(80)68(55)26-36-35(25-67(55)51(71)79)39(95-17-5-9-21-99(83,84)85)13-14-40(36)96-18-6-10-22-100(86,87)88;;;;/h13-14,43-46H,5-12,15-34H2,1-4H3,(H,83,84,85)(H,86,87,88)(H,89,90,91)(H,92,93,94);4*1H3. The summed E-state index contributed by atoms with van der Waals surface area (Å²) in [6.07, 6.45) is -4.16. The molecule has 16 N–H and O–H groups in total. The second-order valence-corrected chi connectivity index (χ2v) is 34.3. The molecule has 106 heavy (non-hydrogen) atoms. The molecule has 12 saturated heterocycles. The average Bonchev–Trinajstić information content (AvgIpc) is 1.49. The van der Waals surface area contributed by atoms with Crippen LogP contribution in [0, 0.1) is 0 Å². The van der Waals surface area contributed by atoms with Gasteiger partial charge in [-0.15, -0.1) is 0 Å². The zero-order valence-electron chi connectivity index (χ0n) is 59.8. The van der Waals surface area contributed by atoms with Gasteiger partial charge in [0.2, 0.25) is 0 Å². The maximum Gasteiger partial charge on any atom is 0.326 e. The Hall–Kier alpha value is -8.46. The van der Waals surface area contributed by atoms with Gasteiger partial charge < -0.3 is 61.8 Å². The van der Waals surface area contributed by atoms with E-state index < -0.39 is 199 Å². The molecule has 0 bridgehead atoms. The van der Waals surface area contributed by atoms with E-state index in [0.29, 0.717) is 33.8 Å². The minimum atomic E-state index is -4.53. The van der Waals surface area contributed by atoms with Gasteiger partial charge in [0.05, 0.1) is 93.1 Å². The smallest absolute Gasteiger partial charge is 0.326 e. The van der Waals surface area contributed by atoms with E-state index in [1.165, 1.54) is 78.4 Å². The van der Waals surface area contributed by atoms with Crippen LogP contribution in [-0.4, -0.2) is 328 Å². The lowest BCUT2D eigenvalue weighted by atomic mass is 9.93. The van der Waals surface area contributed by atoms with Gasteiger partial charge in [-0.05, 0) is 91.2 Å². The van der Waals surface area contributed by atoms with Crippen molar-refractivity contribution in [3.8, 4) is 11.5 Å². The van der Waals surface area contributed by atoms with Crippen LogP contribution >= 0.6 is 0 Å². The van der Waals surface area contributed by atoms with E-state index in [4.69, 9.17) is 18.9 Å². The Morgan fingerprint density at radius 1 is 0.330 bits per heavy atom. The summed E-state index contributed by atoms with van der Waals surface area (Å²) in [5.74, 6) is -1.30. The molecule has 13 heterocycles. The Balaban J connectivity index is 0.00000280. The Morgan fingerprint density at radius 3 is 0.811 bits per heavy atom. The lowest BCUT2D eigenvalue weighted by Gasteiger charge is -2.49. The number of rotatable bonds is 24. The molecule has 14 aliphatic rings. The van der Waals surface area contributed by atoms with Crippen molar-refractivity contribution >= 4 is 88.7 Å². The normalized spacial score (nSPS) is 28.8. The van der Waals surface area contributed by atoms with E-state index in [0.717, 1.165) is 0 Å². The predicted octanol–water partition coefficient (Wildman–Crippen LogP) is 1.47. The fourth-order valence-corrected chi connectivity index (χ4v) is 20.0. The molecular weight excluding hydrogens is 1490 g/mol. The van der Waals surface area contributed by atoms with Crippen molar-refractivity contribution in [1.29, 1.82) is 0 Å². The molecule has 44 nitrogen and oxygen atoms in total. The van der Waals surface area contributed by atoms with Crippen molar-refractivity contribution in [2.24, 2.45) is 0 Å². The summed E-state index contributed by atoms with van der Waals surface area (Å²) in [4.78, 5) is 147. The predicted molar refractivity (Wildman–Crippen MR) is 359 cm³/mol. The van der Waals surface area contributed by atoms with Gasteiger partial charge >= 0.3 is 48.2 Å². The zero-order valence-corrected chi connectivity index (χ0v) is 63.1. The monoisotopic (exact) mass is 1580 g/mol. The molecule has 1 aromatic rings. The van der Waals surface area contributed by atoms with Gasteiger partial charge in [-0.25, -0.2) is 72.0 Å². The molecule has 15 rings (SSSR count). The van der Waals surface area contributed by atoms with Gasteiger partial charge in [-0.3, -0.25) is 78.4 Å². The Morgan fingerprint density at radius 2 is 0.557 bits per heavy atom. The molecule has 0 atom stereocenters. The van der Waals surface area contributed by atoms with Crippen molar-refractivity contribution in [3.63, 3.8) is 0 Å². The number of fused-ring (bicyclic) bond motifs is 2. The number of allylic oxidation sites excluding steroid dienone is 2. The first-order valence-electron chi connectivity index (χ1n) is 33.4. The first-order chi connectivity index (χ1) is 47.9. The van der Waals surface area contributed by atoms with Crippen molar-refractivity contribution in [3.05, 3.63) is 45.9 Å².